The first-order valence-corrected chi connectivity index (χ1v) is 6.60. The van der Waals surface area contributed by atoms with Gasteiger partial charge in [-0.1, -0.05) is 0 Å². The molecular formula is C14H21NO4. The Kier molecular flexibility index (Phi) is 4.99. The largest absolute Gasteiger partial charge is 0.493 e. The number of methoxy groups -OCH3 is 2. The van der Waals surface area contributed by atoms with Gasteiger partial charge in [0.2, 0.25) is 0 Å². The summed E-state index contributed by atoms with van der Waals surface area (Å²) in [7, 11) is 3.20. The Morgan fingerprint density at radius 1 is 1.21 bits per heavy atom. The summed E-state index contributed by atoms with van der Waals surface area (Å²) in [6.07, 6.45) is 5.14. The maximum absolute atomic E-state index is 9.46. The highest BCUT2D eigenvalue weighted by Gasteiger charge is 2.21. The van der Waals surface area contributed by atoms with Crippen LogP contribution >= 0.6 is 0 Å². The van der Waals surface area contributed by atoms with Crippen molar-refractivity contribution in [2.75, 3.05) is 14.2 Å². The molecule has 0 aromatic carbocycles. The molecule has 0 spiro atoms. The number of nitrogens with zero attached hydrogens (tertiary/aromatic N) is 1. The first-order valence-electron chi connectivity index (χ1n) is 6.60. The summed E-state index contributed by atoms with van der Waals surface area (Å²) in [5, 5.41) is 9.46. The molecule has 2 rings (SSSR count). The number of aromatic nitrogens is 1. The van der Waals surface area contributed by atoms with Crippen molar-refractivity contribution < 1.29 is 19.3 Å². The molecule has 0 bridgehead atoms. The van der Waals surface area contributed by atoms with Gasteiger partial charge in [-0.05, 0) is 25.7 Å². The van der Waals surface area contributed by atoms with Crippen molar-refractivity contribution in [2.24, 2.45) is 0 Å². The Labute approximate surface area is 113 Å². The van der Waals surface area contributed by atoms with Crippen LogP contribution in [0.2, 0.25) is 0 Å². The topological polar surface area (TPSA) is 60.8 Å². The van der Waals surface area contributed by atoms with E-state index in [1.807, 2.05) is 0 Å². The van der Waals surface area contributed by atoms with E-state index in [0.717, 1.165) is 31.4 Å². The molecule has 1 saturated carbocycles. The van der Waals surface area contributed by atoms with Gasteiger partial charge in [0.15, 0.2) is 11.5 Å². The maximum atomic E-state index is 9.46. The molecule has 0 unspecified atom stereocenters. The molecule has 1 aromatic heterocycles. The lowest BCUT2D eigenvalue weighted by atomic mass is 9.95. The molecule has 1 aliphatic carbocycles. The van der Waals surface area contributed by atoms with E-state index in [1.165, 1.54) is 0 Å². The van der Waals surface area contributed by atoms with Crippen molar-refractivity contribution >= 4 is 0 Å². The molecule has 0 amide bonds. The van der Waals surface area contributed by atoms with Crippen LogP contribution in [0.5, 0.6) is 11.5 Å². The fourth-order valence-electron chi connectivity index (χ4n) is 2.36. The van der Waals surface area contributed by atoms with Crippen LogP contribution in [-0.4, -0.2) is 36.5 Å². The van der Waals surface area contributed by atoms with Gasteiger partial charge in [0, 0.05) is 12.3 Å². The standard InChI is InChI=1S/C14H21NO4/c1-17-13-7-8-15-12(14(13)18-2)9-19-11-5-3-10(16)4-6-11/h7-8,10-11,16H,3-6,9H2,1-2H3. The van der Waals surface area contributed by atoms with E-state index < -0.39 is 0 Å². The van der Waals surface area contributed by atoms with Crippen molar-refractivity contribution in [3.8, 4) is 11.5 Å². The summed E-state index contributed by atoms with van der Waals surface area (Å²) in [4.78, 5) is 4.28. The van der Waals surface area contributed by atoms with E-state index in [-0.39, 0.29) is 12.2 Å². The third-order valence-corrected chi connectivity index (χ3v) is 3.47. The number of rotatable bonds is 5. The minimum absolute atomic E-state index is 0.163. The Bertz CT molecular complexity index is 402. The summed E-state index contributed by atoms with van der Waals surface area (Å²) in [6.45, 7) is 0.404. The zero-order valence-electron chi connectivity index (χ0n) is 11.5. The smallest absolute Gasteiger partial charge is 0.184 e. The van der Waals surface area contributed by atoms with Crippen molar-refractivity contribution in [3.63, 3.8) is 0 Å². The molecular weight excluding hydrogens is 246 g/mol. The molecule has 0 atom stereocenters. The molecule has 1 aliphatic rings. The van der Waals surface area contributed by atoms with E-state index in [4.69, 9.17) is 14.2 Å². The summed E-state index contributed by atoms with van der Waals surface area (Å²) < 4.78 is 16.4. The Morgan fingerprint density at radius 3 is 2.58 bits per heavy atom. The Morgan fingerprint density at radius 2 is 1.95 bits per heavy atom. The van der Waals surface area contributed by atoms with E-state index in [1.54, 1.807) is 26.5 Å². The lowest BCUT2D eigenvalue weighted by Crippen LogP contribution is -2.24. The number of aliphatic hydroxyl groups is 1. The second-order valence-electron chi connectivity index (χ2n) is 4.73. The third-order valence-electron chi connectivity index (χ3n) is 3.47. The molecule has 1 fully saturated rings. The van der Waals surface area contributed by atoms with Crippen LogP contribution in [0.4, 0.5) is 0 Å². The second-order valence-corrected chi connectivity index (χ2v) is 4.73. The van der Waals surface area contributed by atoms with Crippen LogP contribution in [0.1, 0.15) is 31.4 Å². The molecule has 0 aliphatic heterocycles. The summed E-state index contributed by atoms with van der Waals surface area (Å²) >= 11 is 0. The quantitative estimate of drug-likeness (QED) is 0.883. The van der Waals surface area contributed by atoms with Crippen molar-refractivity contribution in [3.05, 3.63) is 18.0 Å². The lowest BCUT2D eigenvalue weighted by molar-refractivity contribution is -0.0136. The van der Waals surface area contributed by atoms with E-state index in [0.29, 0.717) is 18.1 Å². The molecule has 106 valence electrons. The molecule has 1 aromatic rings. The first-order chi connectivity index (χ1) is 9.24. The summed E-state index contributed by atoms with van der Waals surface area (Å²) in [5.41, 5.74) is 0.743. The predicted octanol–water partition coefficient (Wildman–Crippen LogP) is 1.92. The van der Waals surface area contributed by atoms with Gasteiger partial charge in [-0.3, -0.25) is 4.98 Å². The fraction of sp³-hybridized carbons (Fsp3) is 0.643. The molecule has 19 heavy (non-hydrogen) atoms. The van der Waals surface area contributed by atoms with E-state index in [2.05, 4.69) is 4.98 Å². The van der Waals surface area contributed by atoms with Crippen LogP contribution in [0.15, 0.2) is 12.3 Å². The molecule has 5 heteroatoms. The molecule has 0 radical (unpaired) electrons. The van der Waals surface area contributed by atoms with Gasteiger partial charge in [0.25, 0.3) is 0 Å². The van der Waals surface area contributed by atoms with Crippen LogP contribution < -0.4 is 9.47 Å². The van der Waals surface area contributed by atoms with Gasteiger partial charge >= 0.3 is 0 Å². The van der Waals surface area contributed by atoms with Gasteiger partial charge in [-0.2, -0.15) is 0 Å². The van der Waals surface area contributed by atoms with Gasteiger partial charge in [0.05, 0.1) is 33.0 Å². The molecule has 1 heterocycles. The maximum Gasteiger partial charge on any atom is 0.184 e. The fourth-order valence-corrected chi connectivity index (χ4v) is 2.36. The van der Waals surface area contributed by atoms with Crippen LogP contribution in [0, 0.1) is 0 Å². The van der Waals surface area contributed by atoms with E-state index >= 15 is 0 Å². The molecule has 0 saturated heterocycles. The third kappa shape index (κ3) is 3.58. The lowest BCUT2D eigenvalue weighted by Gasteiger charge is -2.25. The normalized spacial score (nSPS) is 23.1. The zero-order chi connectivity index (χ0) is 13.7. The molecule has 5 nitrogen and oxygen atoms in total. The van der Waals surface area contributed by atoms with Gasteiger partial charge in [-0.15, -0.1) is 0 Å². The number of pyridine rings is 1. The van der Waals surface area contributed by atoms with Crippen LogP contribution in [0.25, 0.3) is 0 Å². The van der Waals surface area contributed by atoms with Crippen molar-refractivity contribution in [1.82, 2.24) is 4.98 Å². The van der Waals surface area contributed by atoms with Gasteiger partial charge < -0.3 is 19.3 Å². The Hall–Kier alpha value is -1.33. The zero-order valence-corrected chi connectivity index (χ0v) is 11.5. The highest BCUT2D eigenvalue weighted by atomic mass is 16.5. The monoisotopic (exact) mass is 267 g/mol. The highest BCUT2D eigenvalue weighted by Crippen LogP contribution is 2.30. The number of aliphatic hydroxyl groups excluding tert-OH is 1. The van der Waals surface area contributed by atoms with Gasteiger partial charge in [0.1, 0.15) is 5.69 Å². The predicted molar refractivity (Wildman–Crippen MR) is 70.4 cm³/mol. The summed E-state index contributed by atoms with van der Waals surface area (Å²) in [5.74, 6) is 1.29. The average molecular weight is 267 g/mol. The van der Waals surface area contributed by atoms with E-state index in [9.17, 15) is 5.11 Å². The second kappa shape index (κ2) is 6.73. The number of hydrogen-bond acceptors (Lipinski definition) is 5. The summed E-state index contributed by atoms with van der Waals surface area (Å²) in [6, 6.07) is 1.76. The minimum Gasteiger partial charge on any atom is -0.493 e. The van der Waals surface area contributed by atoms with Crippen LogP contribution in [-0.2, 0) is 11.3 Å². The first kappa shape index (κ1) is 14.1. The number of ether oxygens (including phenoxy) is 3. The molecule has 1 N–H and O–H groups in total. The minimum atomic E-state index is -0.163. The van der Waals surface area contributed by atoms with Crippen molar-refractivity contribution in [1.29, 1.82) is 0 Å². The Balaban J connectivity index is 1.95. The van der Waals surface area contributed by atoms with Gasteiger partial charge in [-0.25, -0.2) is 0 Å². The number of hydrogen-bond donors (Lipinski definition) is 1. The highest BCUT2D eigenvalue weighted by molar-refractivity contribution is 5.42. The van der Waals surface area contributed by atoms with Crippen molar-refractivity contribution in [2.45, 2.75) is 44.5 Å². The average Bonchev–Trinajstić information content (AvgIpc) is 2.46. The van der Waals surface area contributed by atoms with Crippen LogP contribution in [0.3, 0.4) is 0 Å². The SMILES string of the molecule is COc1ccnc(COC2CCC(O)CC2)c1OC.